The fraction of sp³-hybridized carbons (Fsp3) is 0.174. The lowest BCUT2D eigenvalue weighted by Gasteiger charge is -2.38. The maximum absolute atomic E-state index is 11.3. The highest BCUT2D eigenvalue weighted by atomic mass is 35.5. The number of hydrogen-bond acceptors (Lipinski definition) is 6. The Morgan fingerprint density at radius 1 is 1.16 bits per heavy atom. The highest BCUT2D eigenvalue weighted by Gasteiger charge is 2.42. The number of nitro groups is 1. The SMILES string of the molecule is COc1ccc(C2=NN3[C@@H](C2)c2cc(Cl)cc(Cl)c2O[C@H]3c2cccc([N+](=O)[O-])c2)cc1. The first-order valence-corrected chi connectivity index (χ1v) is 10.6. The number of methoxy groups -OCH3 is 1. The van der Waals surface area contributed by atoms with E-state index in [9.17, 15) is 10.1 Å². The largest absolute Gasteiger partial charge is 0.497 e. The van der Waals surface area contributed by atoms with Crippen molar-refractivity contribution in [1.29, 1.82) is 0 Å². The third-order valence-corrected chi connectivity index (χ3v) is 6.10. The summed E-state index contributed by atoms with van der Waals surface area (Å²) in [5, 5.41) is 18.9. The van der Waals surface area contributed by atoms with E-state index in [0.717, 1.165) is 22.6 Å². The lowest BCUT2D eigenvalue weighted by Crippen LogP contribution is -2.33. The lowest BCUT2D eigenvalue weighted by molar-refractivity contribution is -0.385. The molecule has 0 unspecified atom stereocenters. The summed E-state index contributed by atoms with van der Waals surface area (Å²) in [4.78, 5) is 10.9. The fourth-order valence-corrected chi connectivity index (χ4v) is 4.64. The number of non-ortho nitro benzene ring substituents is 1. The van der Waals surface area contributed by atoms with E-state index >= 15 is 0 Å². The summed E-state index contributed by atoms with van der Waals surface area (Å²) in [5.74, 6) is 1.27. The average Bonchev–Trinajstić information content (AvgIpc) is 3.24. The van der Waals surface area contributed by atoms with Crippen molar-refractivity contribution in [2.45, 2.75) is 18.7 Å². The quantitative estimate of drug-likeness (QED) is 0.338. The number of ether oxygens (including phenoxy) is 2. The molecule has 0 radical (unpaired) electrons. The summed E-state index contributed by atoms with van der Waals surface area (Å²) in [6, 6.07) is 17.3. The third kappa shape index (κ3) is 3.53. The van der Waals surface area contributed by atoms with Crippen LogP contribution in [0.5, 0.6) is 11.5 Å². The van der Waals surface area contributed by atoms with E-state index in [1.165, 1.54) is 12.1 Å². The lowest BCUT2D eigenvalue weighted by atomic mass is 9.95. The maximum Gasteiger partial charge on any atom is 0.269 e. The van der Waals surface area contributed by atoms with Crippen molar-refractivity contribution in [1.82, 2.24) is 5.01 Å². The van der Waals surface area contributed by atoms with Crippen LogP contribution in [0.15, 0.2) is 65.8 Å². The number of halogens is 2. The molecule has 2 atom stereocenters. The van der Waals surface area contributed by atoms with Crippen LogP contribution < -0.4 is 9.47 Å². The van der Waals surface area contributed by atoms with Gasteiger partial charge in [0, 0.05) is 34.7 Å². The molecule has 2 aliphatic rings. The summed E-state index contributed by atoms with van der Waals surface area (Å²) >= 11 is 12.8. The van der Waals surface area contributed by atoms with Crippen molar-refractivity contribution in [3.05, 3.63) is 97.5 Å². The van der Waals surface area contributed by atoms with Crippen LogP contribution in [0.1, 0.15) is 35.4 Å². The molecule has 7 nitrogen and oxygen atoms in total. The van der Waals surface area contributed by atoms with E-state index in [4.69, 9.17) is 37.8 Å². The first kappa shape index (κ1) is 20.6. The Morgan fingerprint density at radius 2 is 1.94 bits per heavy atom. The number of hydrazone groups is 1. The van der Waals surface area contributed by atoms with Gasteiger partial charge >= 0.3 is 0 Å². The smallest absolute Gasteiger partial charge is 0.269 e. The number of rotatable bonds is 4. The molecule has 0 bridgehead atoms. The summed E-state index contributed by atoms with van der Waals surface area (Å²) in [6.07, 6.45) is -0.0769. The standard InChI is InChI=1S/C23H17Cl2N3O4/c1-31-17-7-5-13(6-8-17)20-12-21-18-10-15(24)11-19(25)22(18)32-23(27(21)26-20)14-3-2-4-16(9-14)28(29)30/h2-11,21,23H,12H2,1H3/t21-,23-/m0/s1. The van der Waals surface area contributed by atoms with Crippen LogP contribution in [0.4, 0.5) is 5.69 Å². The second kappa shape index (κ2) is 8.00. The molecule has 3 aromatic carbocycles. The molecule has 0 spiro atoms. The number of hydrogen-bond donors (Lipinski definition) is 0. The first-order chi connectivity index (χ1) is 15.4. The van der Waals surface area contributed by atoms with Crippen LogP contribution in [-0.2, 0) is 0 Å². The average molecular weight is 470 g/mol. The van der Waals surface area contributed by atoms with Crippen molar-refractivity contribution in [3.63, 3.8) is 0 Å². The summed E-state index contributed by atoms with van der Waals surface area (Å²) in [6.45, 7) is 0. The molecule has 2 heterocycles. The van der Waals surface area contributed by atoms with Crippen molar-refractivity contribution in [2.75, 3.05) is 7.11 Å². The molecule has 0 saturated carbocycles. The van der Waals surface area contributed by atoms with Crippen LogP contribution in [-0.4, -0.2) is 22.8 Å². The molecule has 9 heteroatoms. The maximum atomic E-state index is 11.3. The summed E-state index contributed by atoms with van der Waals surface area (Å²) < 4.78 is 11.5. The summed E-state index contributed by atoms with van der Waals surface area (Å²) in [5.41, 5.74) is 3.24. The molecule has 0 aliphatic carbocycles. The zero-order valence-corrected chi connectivity index (χ0v) is 18.4. The number of nitrogens with zero attached hydrogens (tertiary/aromatic N) is 3. The van der Waals surface area contributed by atoms with Crippen molar-refractivity contribution >= 4 is 34.6 Å². The van der Waals surface area contributed by atoms with Crippen LogP contribution in [0.3, 0.4) is 0 Å². The van der Waals surface area contributed by atoms with E-state index < -0.39 is 11.2 Å². The molecule has 3 aromatic rings. The molecule has 32 heavy (non-hydrogen) atoms. The highest BCUT2D eigenvalue weighted by Crippen LogP contribution is 2.51. The first-order valence-electron chi connectivity index (χ1n) is 9.85. The molecular weight excluding hydrogens is 453 g/mol. The number of benzene rings is 3. The van der Waals surface area contributed by atoms with Gasteiger partial charge in [0.1, 0.15) is 11.5 Å². The Bertz CT molecular complexity index is 1250. The number of fused-ring (bicyclic) bond motifs is 3. The zero-order valence-electron chi connectivity index (χ0n) is 16.9. The fourth-order valence-electron chi connectivity index (χ4n) is 4.08. The molecular formula is C23H17Cl2N3O4. The molecule has 162 valence electrons. The van der Waals surface area contributed by atoms with E-state index in [2.05, 4.69) is 0 Å². The normalized spacial score (nSPS) is 19.0. The van der Waals surface area contributed by atoms with Crippen LogP contribution in [0, 0.1) is 10.1 Å². The van der Waals surface area contributed by atoms with Gasteiger partial charge in [0.2, 0.25) is 6.23 Å². The van der Waals surface area contributed by atoms with Gasteiger partial charge in [0.15, 0.2) is 0 Å². The Labute approximate surface area is 193 Å². The van der Waals surface area contributed by atoms with Crippen LogP contribution in [0.25, 0.3) is 0 Å². The molecule has 0 fully saturated rings. The van der Waals surface area contributed by atoms with E-state index in [1.807, 2.05) is 35.3 Å². The van der Waals surface area contributed by atoms with Crippen LogP contribution in [0.2, 0.25) is 10.0 Å². The van der Waals surface area contributed by atoms with Crippen LogP contribution >= 0.6 is 23.2 Å². The third-order valence-electron chi connectivity index (χ3n) is 5.60. The van der Waals surface area contributed by atoms with Gasteiger partial charge in [-0.1, -0.05) is 35.3 Å². The van der Waals surface area contributed by atoms with Gasteiger partial charge in [-0.15, -0.1) is 0 Å². The second-order valence-corrected chi connectivity index (χ2v) is 8.35. The van der Waals surface area contributed by atoms with Crippen molar-refractivity contribution in [3.8, 4) is 11.5 Å². The monoisotopic (exact) mass is 469 g/mol. The Kier molecular flexibility index (Phi) is 5.15. The van der Waals surface area contributed by atoms with Crippen molar-refractivity contribution < 1.29 is 14.4 Å². The Morgan fingerprint density at radius 3 is 2.66 bits per heavy atom. The van der Waals surface area contributed by atoms with Gasteiger partial charge in [0.25, 0.3) is 5.69 Å². The molecule has 0 saturated heterocycles. The van der Waals surface area contributed by atoms with E-state index in [-0.39, 0.29) is 11.7 Å². The van der Waals surface area contributed by atoms with Crippen molar-refractivity contribution in [2.24, 2.45) is 5.10 Å². The predicted molar refractivity (Wildman–Crippen MR) is 122 cm³/mol. The van der Waals surface area contributed by atoms with E-state index in [1.54, 1.807) is 25.3 Å². The van der Waals surface area contributed by atoms with Gasteiger partial charge in [-0.05, 0) is 42.0 Å². The Hall–Kier alpha value is -3.29. The minimum atomic E-state index is -0.679. The Balaban J connectivity index is 1.61. The number of nitro benzene ring substituents is 1. The molecule has 0 amide bonds. The second-order valence-electron chi connectivity index (χ2n) is 7.50. The minimum Gasteiger partial charge on any atom is -0.497 e. The predicted octanol–water partition coefficient (Wildman–Crippen LogP) is 6.15. The van der Waals surface area contributed by atoms with Gasteiger partial charge < -0.3 is 9.47 Å². The molecule has 2 aliphatic heterocycles. The summed E-state index contributed by atoms with van der Waals surface area (Å²) in [7, 11) is 1.62. The van der Waals surface area contributed by atoms with Gasteiger partial charge in [0.05, 0.1) is 28.8 Å². The topological polar surface area (TPSA) is 77.2 Å². The molecule has 0 N–H and O–H groups in total. The highest BCUT2D eigenvalue weighted by molar-refractivity contribution is 6.35. The van der Waals surface area contributed by atoms with Gasteiger partial charge in [-0.2, -0.15) is 5.10 Å². The van der Waals surface area contributed by atoms with Gasteiger partial charge in [-0.25, -0.2) is 5.01 Å². The minimum absolute atomic E-state index is 0.0193. The molecule has 0 aromatic heterocycles. The molecule has 5 rings (SSSR count). The van der Waals surface area contributed by atoms with E-state index in [0.29, 0.717) is 27.8 Å². The van der Waals surface area contributed by atoms with Gasteiger partial charge in [-0.3, -0.25) is 10.1 Å². The zero-order chi connectivity index (χ0) is 22.4.